The third-order valence-corrected chi connectivity index (χ3v) is 3.69. The molecule has 0 fully saturated rings. The number of pyridine rings is 1. The molecule has 0 aliphatic heterocycles. The van der Waals surface area contributed by atoms with E-state index in [1.165, 1.54) is 5.56 Å². The van der Waals surface area contributed by atoms with Gasteiger partial charge in [0.1, 0.15) is 0 Å². The molecule has 0 N–H and O–H groups in total. The number of hydrogen-bond donors (Lipinski definition) is 0. The molecule has 1 aromatic carbocycles. The highest BCUT2D eigenvalue weighted by Crippen LogP contribution is 2.10. The Morgan fingerprint density at radius 2 is 2.00 bits per heavy atom. The van der Waals surface area contributed by atoms with Crippen molar-refractivity contribution in [3.8, 4) is 6.07 Å². The molecule has 4 nitrogen and oxygen atoms in total. The molecule has 23 heavy (non-hydrogen) atoms. The highest BCUT2D eigenvalue weighted by Gasteiger charge is 2.14. The van der Waals surface area contributed by atoms with Gasteiger partial charge in [0.15, 0.2) is 0 Å². The first-order valence-electron chi connectivity index (χ1n) is 7.78. The first kappa shape index (κ1) is 16.7. The van der Waals surface area contributed by atoms with Crippen molar-refractivity contribution in [3.05, 3.63) is 65.5 Å². The lowest BCUT2D eigenvalue weighted by molar-refractivity contribution is -0.131. The van der Waals surface area contributed by atoms with Gasteiger partial charge >= 0.3 is 0 Å². The van der Waals surface area contributed by atoms with Gasteiger partial charge in [-0.25, -0.2) is 0 Å². The number of carbonyl (C=O) groups excluding carboxylic acids is 1. The molecule has 4 heteroatoms. The predicted molar refractivity (Wildman–Crippen MR) is 89.4 cm³/mol. The average Bonchev–Trinajstić information content (AvgIpc) is 2.58. The Morgan fingerprint density at radius 3 is 2.65 bits per heavy atom. The van der Waals surface area contributed by atoms with E-state index < -0.39 is 0 Å². The molecule has 0 radical (unpaired) electrons. The average molecular weight is 307 g/mol. The van der Waals surface area contributed by atoms with Crippen molar-refractivity contribution < 1.29 is 4.79 Å². The fourth-order valence-corrected chi connectivity index (χ4v) is 2.35. The van der Waals surface area contributed by atoms with Crippen LogP contribution in [-0.2, 0) is 17.8 Å². The van der Waals surface area contributed by atoms with E-state index in [9.17, 15) is 4.79 Å². The summed E-state index contributed by atoms with van der Waals surface area (Å²) >= 11 is 0. The van der Waals surface area contributed by atoms with Crippen molar-refractivity contribution in [1.29, 1.82) is 5.26 Å². The van der Waals surface area contributed by atoms with E-state index in [-0.39, 0.29) is 5.91 Å². The Balaban J connectivity index is 1.95. The minimum absolute atomic E-state index is 0.0738. The topological polar surface area (TPSA) is 57.0 Å². The maximum Gasteiger partial charge on any atom is 0.223 e. The zero-order valence-corrected chi connectivity index (χ0v) is 13.4. The molecule has 0 spiro atoms. The van der Waals surface area contributed by atoms with Gasteiger partial charge in [-0.15, -0.1) is 0 Å². The van der Waals surface area contributed by atoms with Crippen LogP contribution in [0.2, 0.25) is 0 Å². The second-order valence-corrected chi connectivity index (χ2v) is 5.57. The second-order valence-electron chi connectivity index (χ2n) is 5.57. The van der Waals surface area contributed by atoms with Gasteiger partial charge in [0.2, 0.25) is 5.91 Å². The molecule has 1 aromatic heterocycles. The summed E-state index contributed by atoms with van der Waals surface area (Å²) in [6, 6.07) is 14.1. The SMILES string of the molecule is Cc1ccc(CCC(=O)N(CCC#N)Cc2cccnc2)cc1. The third-order valence-electron chi connectivity index (χ3n) is 3.69. The van der Waals surface area contributed by atoms with E-state index >= 15 is 0 Å². The van der Waals surface area contributed by atoms with Crippen molar-refractivity contribution in [1.82, 2.24) is 9.88 Å². The van der Waals surface area contributed by atoms with Crippen molar-refractivity contribution in [2.75, 3.05) is 6.54 Å². The number of rotatable bonds is 7. The third kappa shape index (κ3) is 5.55. The lowest BCUT2D eigenvalue weighted by Gasteiger charge is -2.21. The summed E-state index contributed by atoms with van der Waals surface area (Å²) < 4.78 is 0. The van der Waals surface area contributed by atoms with E-state index in [4.69, 9.17) is 5.26 Å². The number of nitriles is 1. The number of nitrogens with zero attached hydrogens (tertiary/aromatic N) is 3. The summed E-state index contributed by atoms with van der Waals surface area (Å²) in [6.07, 6.45) is 4.98. The number of aryl methyl sites for hydroxylation is 2. The Bertz CT molecular complexity index is 659. The molecule has 0 atom stereocenters. The molecule has 2 aromatic rings. The lowest BCUT2D eigenvalue weighted by atomic mass is 10.1. The summed E-state index contributed by atoms with van der Waals surface area (Å²) in [5.41, 5.74) is 3.35. The fourth-order valence-electron chi connectivity index (χ4n) is 2.35. The van der Waals surface area contributed by atoms with Crippen LogP contribution in [0.4, 0.5) is 0 Å². The van der Waals surface area contributed by atoms with Gasteiger partial charge in [0, 0.05) is 31.9 Å². The Morgan fingerprint density at radius 1 is 1.22 bits per heavy atom. The molecule has 0 aliphatic rings. The van der Waals surface area contributed by atoms with Gasteiger partial charge < -0.3 is 4.90 Å². The molecular formula is C19H21N3O. The summed E-state index contributed by atoms with van der Waals surface area (Å²) in [6.45, 7) is 3.01. The quantitative estimate of drug-likeness (QED) is 0.789. The van der Waals surface area contributed by atoms with Crippen LogP contribution in [-0.4, -0.2) is 22.3 Å². The van der Waals surface area contributed by atoms with Crippen LogP contribution in [0.3, 0.4) is 0 Å². The number of carbonyl (C=O) groups is 1. The van der Waals surface area contributed by atoms with Gasteiger partial charge in [-0.3, -0.25) is 9.78 Å². The lowest BCUT2D eigenvalue weighted by Crippen LogP contribution is -2.31. The number of hydrogen-bond acceptors (Lipinski definition) is 3. The zero-order valence-electron chi connectivity index (χ0n) is 13.4. The van der Waals surface area contributed by atoms with Gasteiger partial charge in [-0.1, -0.05) is 35.9 Å². The Labute approximate surface area is 137 Å². The predicted octanol–water partition coefficient (Wildman–Crippen LogP) is 3.27. The maximum atomic E-state index is 12.5. The highest BCUT2D eigenvalue weighted by atomic mass is 16.2. The molecule has 0 aliphatic carbocycles. The van der Waals surface area contributed by atoms with Gasteiger partial charge in [-0.05, 0) is 30.5 Å². The van der Waals surface area contributed by atoms with Crippen LogP contribution in [0.1, 0.15) is 29.5 Å². The zero-order chi connectivity index (χ0) is 16.5. The number of aromatic nitrogens is 1. The van der Waals surface area contributed by atoms with Gasteiger partial charge in [0.05, 0.1) is 12.5 Å². The largest absolute Gasteiger partial charge is 0.337 e. The normalized spacial score (nSPS) is 10.1. The van der Waals surface area contributed by atoms with Crippen molar-refractivity contribution >= 4 is 5.91 Å². The van der Waals surface area contributed by atoms with Crippen molar-refractivity contribution in [2.45, 2.75) is 32.7 Å². The van der Waals surface area contributed by atoms with Crippen LogP contribution in [0.25, 0.3) is 0 Å². The molecule has 2 rings (SSSR count). The van der Waals surface area contributed by atoms with E-state index in [1.807, 2.05) is 19.1 Å². The molecule has 1 heterocycles. The first-order chi connectivity index (χ1) is 11.2. The van der Waals surface area contributed by atoms with Crippen LogP contribution in [0, 0.1) is 18.3 Å². The Hall–Kier alpha value is -2.67. The summed E-state index contributed by atoms with van der Waals surface area (Å²) in [5.74, 6) is 0.0738. The standard InChI is InChI=1S/C19H21N3O/c1-16-5-7-17(8-6-16)9-10-19(23)22(13-3-11-20)15-18-4-2-12-21-14-18/h2,4-8,12,14H,3,9-10,13,15H2,1H3. The second kappa shape index (κ2) is 8.70. The van der Waals surface area contributed by atoms with Crippen molar-refractivity contribution in [2.24, 2.45) is 0 Å². The Kier molecular flexibility index (Phi) is 6.31. The molecule has 0 saturated heterocycles. The highest BCUT2D eigenvalue weighted by molar-refractivity contribution is 5.76. The molecule has 0 unspecified atom stereocenters. The molecule has 0 bridgehead atoms. The maximum absolute atomic E-state index is 12.5. The number of benzene rings is 1. The van der Waals surface area contributed by atoms with E-state index in [0.717, 1.165) is 17.5 Å². The van der Waals surface area contributed by atoms with Gasteiger partial charge in [-0.2, -0.15) is 5.26 Å². The van der Waals surface area contributed by atoms with E-state index in [1.54, 1.807) is 17.3 Å². The van der Waals surface area contributed by atoms with Crippen LogP contribution < -0.4 is 0 Å². The first-order valence-corrected chi connectivity index (χ1v) is 7.78. The summed E-state index contributed by atoms with van der Waals surface area (Å²) in [5, 5.41) is 8.80. The molecule has 0 saturated carbocycles. The molecule has 1 amide bonds. The van der Waals surface area contributed by atoms with Crippen LogP contribution in [0.15, 0.2) is 48.8 Å². The summed E-state index contributed by atoms with van der Waals surface area (Å²) in [4.78, 5) is 18.3. The minimum Gasteiger partial charge on any atom is -0.337 e. The minimum atomic E-state index is 0.0738. The summed E-state index contributed by atoms with van der Waals surface area (Å²) in [7, 11) is 0. The van der Waals surface area contributed by atoms with Gasteiger partial charge in [0.25, 0.3) is 0 Å². The van der Waals surface area contributed by atoms with Crippen LogP contribution >= 0.6 is 0 Å². The van der Waals surface area contributed by atoms with E-state index in [2.05, 4.69) is 35.3 Å². The van der Waals surface area contributed by atoms with Crippen molar-refractivity contribution in [3.63, 3.8) is 0 Å². The molecular weight excluding hydrogens is 286 g/mol. The number of amides is 1. The smallest absolute Gasteiger partial charge is 0.223 e. The molecule has 118 valence electrons. The monoisotopic (exact) mass is 307 g/mol. The van der Waals surface area contributed by atoms with E-state index in [0.29, 0.717) is 25.9 Å². The fraction of sp³-hybridized carbons (Fsp3) is 0.316. The van der Waals surface area contributed by atoms with Crippen LogP contribution in [0.5, 0.6) is 0 Å².